The number of rotatable bonds is 8. The number of fused-ring (bicyclic) bond motifs is 1. The zero-order valence-electron chi connectivity index (χ0n) is 14.3. The molecule has 0 saturated carbocycles. The van der Waals surface area contributed by atoms with Crippen molar-refractivity contribution in [2.45, 2.75) is 32.1 Å². The molecule has 0 aliphatic rings. The molecule has 0 atom stereocenters. The summed E-state index contributed by atoms with van der Waals surface area (Å²) < 4.78 is 0. The topological polar surface area (TPSA) is 83.8 Å². The van der Waals surface area contributed by atoms with Crippen LogP contribution < -0.4 is 11.1 Å². The summed E-state index contributed by atoms with van der Waals surface area (Å²) in [4.78, 5) is 20.2. The molecule has 3 rings (SSSR count). The van der Waals surface area contributed by atoms with Gasteiger partial charge < -0.3 is 16.0 Å². The van der Waals surface area contributed by atoms with Gasteiger partial charge in [-0.3, -0.25) is 4.79 Å². The van der Waals surface area contributed by atoms with Crippen molar-refractivity contribution in [2.24, 2.45) is 5.73 Å². The second-order valence-electron chi connectivity index (χ2n) is 6.15. The molecule has 0 radical (unpaired) electrons. The van der Waals surface area contributed by atoms with Gasteiger partial charge in [-0.15, -0.1) is 0 Å². The Kier molecular flexibility index (Phi) is 5.80. The molecule has 0 bridgehead atoms. The van der Waals surface area contributed by atoms with Gasteiger partial charge in [-0.05, 0) is 43.7 Å². The van der Waals surface area contributed by atoms with E-state index >= 15 is 0 Å². The Morgan fingerprint density at radius 3 is 2.60 bits per heavy atom. The van der Waals surface area contributed by atoms with Gasteiger partial charge in [0.05, 0.1) is 16.7 Å². The van der Waals surface area contributed by atoms with Gasteiger partial charge in [0.25, 0.3) is 0 Å². The number of para-hydroxylation sites is 3. The summed E-state index contributed by atoms with van der Waals surface area (Å²) in [6.07, 6.45) is 4.56. The molecule has 0 spiro atoms. The van der Waals surface area contributed by atoms with Crippen LogP contribution in [0.2, 0.25) is 0 Å². The molecule has 4 N–H and O–H groups in total. The Morgan fingerprint density at radius 2 is 1.76 bits per heavy atom. The molecule has 5 nitrogen and oxygen atoms in total. The number of amides is 1. The van der Waals surface area contributed by atoms with Crippen LogP contribution in [-0.2, 0) is 4.79 Å². The number of aromatic nitrogens is 2. The highest BCUT2D eigenvalue weighted by atomic mass is 16.1. The van der Waals surface area contributed by atoms with Gasteiger partial charge in [0.1, 0.15) is 5.82 Å². The van der Waals surface area contributed by atoms with Gasteiger partial charge >= 0.3 is 0 Å². The summed E-state index contributed by atoms with van der Waals surface area (Å²) in [5.74, 6) is 0.802. The number of H-pyrrole nitrogens is 1. The molecule has 0 saturated heterocycles. The highest BCUT2D eigenvalue weighted by molar-refractivity contribution is 5.95. The molecular weight excluding hydrogens is 312 g/mol. The number of carbonyl (C=O) groups is 1. The maximum atomic E-state index is 12.2. The molecule has 25 heavy (non-hydrogen) atoms. The fourth-order valence-corrected chi connectivity index (χ4v) is 2.88. The van der Waals surface area contributed by atoms with Gasteiger partial charge in [-0.1, -0.05) is 37.1 Å². The van der Waals surface area contributed by atoms with Crippen molar-refractivity contribution >= 4 is 22.6 Å². The molecule has 0 aliphatic heterocycles. The minimum atomic E-state index is 0.0382. The summed E-state index contributed by atoms with van der Waals surface area (Å²) >= 11 is 0. The number of carbonyl (C=O) groups excluding carboxylic acids is 1. The number of hydrogen-bond donors (Lipinski definition) is 3. The number of imidazole rings is 1. The van der Waals surface area contributed by atoms with Crippen molar-refractivity contribution in [2.75, 3.05) is 11.9 Å². The minimum Gasteiger partial charge on any atom is -0.338 e. The third kappa shape index (κ3) is 4.45. The number of nitrogens with two attached hydrogens (primary N) is 1. The van der Waals surface area contributed by atoms with E-state index in [1.807, 2.05) is 48.5 Å². The van der Waals surface area contributed by atoms with E-state index < -0.39 is 0 Å². The summed E-state index contributed by atoms with van der Waals surface area (Å²) in [7, 11) is 0. The molecule has 3 aromatic rings. The van der Waals surface area contributed by atoms with Gasteiger partial charge in [0.2, 0.25) is 5.91 Å². The van der Waals surface area contributed by atoms with Crippen molar-refractivity contribution in [3.8, 4) is 11.4 Å². The lowest BCUT2D eigenvalue weighted by Gasteiger charge is -2.09. The lowest BCUT2D eigenvalue weighted by molar-refractivity contribution is -0.116. The molecule has 0 unspecified atom stereocenters. The number of hydrogen-bond acceptors (Lipinski definition) is 3. The van der Waals surface area contributed by atoms with Crippen LogP contribution in [0.5, 0.6) is 0 Å². The zero-order valence-corrected chi connectivity index (χ0v) is 14.3. The molecule has 0 aliphatic carbocycles. The van der Waals surface area contributed by atoms with Crippen molar-refractivity contribution in [3.05, 3.63) is 48.5 Å². The Bertz CT molecular complexity index is 807. The number of unbranched alkanes of at least 4 members (excludes halogenated alkanes) is 3. The molecule has 130 valence electrons. The normalized spacial score (nSPS) is 10.9. The first-order chi connectivity index (χ1) is 12.3. The summed E-state index contributed by atoms with van der Waals surface area (Å²) in [5.41, 5.74) is 9.07. The molecule has 5 heteroatoms. The predicted octanol–water partition coefficient (Wildman–Crippen LogP) is 4.08. The molecule has 1 aromatic heterocycles. The van der Waals surface area contributed by atoms with Crippen LogP contribution in [-0.4, -0.2) is 22.4 Å². The summed E-state index contributed by atoms with van der Waals surface area (Å²) in [6, 6.07) is 15.7. The van der Waals surface area contributed by atoms with E-state index in [1.54, 1.807) is 0 Å². The van der Waals surface area contributed by atoms with Crippen LogP contribution in [0.15, 0.2) is 48.5 Å². The van der Waals surface area contributed by atoms with Crippen molar-refractivity contribution < 1.29 is 4.79 Å². The van der Waals surface area contributed by atoms with Crippen LogP contribution >= 0.6 is 0 Å². The minimum absolute atomic E-state index is 0.0382. The predicted molar refractivity (Wildman–Crippen MR) is 102 cm³/mol. The first kappa shape index (κ1) is 17.2. The number of nitrogens with zero attached hydrogens (tertiary/aromatic N) is 1. The van der Waals surface area contributed by atoms with Crippen molar-refractivity contribution in [1.29, 1.82) is 0 Å². The number of anilines is 1. The Balaban J connectivity index is 1.69. The van der Waals surface area contributed by atoms with E-state index in [-0.39, 0.29) is 5.91 Å². The van der Waals surface area contributed by atoms with Crippen molar-refractivity contribution in [1.82, 2.24) is 9.97 Å². The number of aromatic amines is 1. The second-order valence-corrected chi connectivity index (χ2v) is 6.15. The fourth-order valence-electron chi connectivity index (χ4n) is 2.88. The Morgan fingerprint density at radius 1 is 1.00 bits per heavy atom. The maximum absolute atomic E-state index is 12.2. The lowest BCUT2D eigenvalue weighted by atomic mass is 10.1. The van der Waals surface area contributed by atoms with Crippen LogP contribution in [0, 0.1) is 0 Å². The SMILES string of the molecule is NCCCCCCC(=O)Nc1ccccc1-c1nc2ccccc2[nH]1. The number of benzene rings is 2. The summed E-state index contributed by atoms with van der Waals surface area (Å²) in [5, 5.41) is 3.02. The standard InChI is InChI=1S/C20H24N4O/c21-14-8-2-1-3-13-19(25)22-16-10-5-4-9-15(16)20-23-17-11-6-7-12-18(17)24-20/h4-7,9-12H,1-3,8,13-14,21H2,(H,22,25)(H,23,24). The van der Waals surface area contributed by atoms with Gasteiger partial charge in [0.15, 0.2) is 0 Å². The highest BCUT2D eigenvalue weighted by Crippen LogP contribution is 2.27. The first-order valence-electron chi connectivity index (χ1n) is 8.82. The lowest BCUT2D eigenvalue weighted by Crippen LogP contribution is -2.12. The van der Waals surface area contributed by atoms with Crippen LogP contribution in [0.25, 0.3) is 22.4 Å². The van der Waals surface area contributed by atoms with E-state index in [1.165, 1.54) is 0 Å². The van der Waals surface area contributed by atoms with E-state index in [2.05, 4.69) is 15.3 Å². The first-order valence-corrected chi connectivity index (χ1v) is 8.82. The average molecular weight is 336 g/mol. The number of nitrogens with one attached hydrogen (secondary N) is 2. The molecule has 1 amide bonds. The summed E-state index contributed by atoms with van der Waals surface area (Å²) in [6.45, 7) is 0.719. The fraction of sp³-hybridized carbons (Fsp3) is 0.300. The quantitative estimate of drug-likeness (QED) is 0.542. The highest BCUT2D eigenvalue weighted by Gasteiger charge is 2.11. The Hall–Kier alpha value is -2.66. The van der Waals surface area contributed by atoms with Gasteiger partial charge in [0, 0.05) is 12.0 Å². The largest absolute Gasteiger partial charge is 0.338 e. The van der Waals surface area contributed by atoms with E-state index in [0.29, 0.717) is 6.42 Å². The monoisotopic (exact) mass is 336 g/mol. The average Bonchev–Trinajstić information content (AvgIpc) is 3.06. The van der Waals surface area contributed by atoms with E-state index in [9.17, 15) is 4.79 Å². The van der Waals surface area contributed by atoms with Gasteiger partial charge in [-0.25, -0.2) is 4.98 Å². The zero-order chi connectivity index (χ0) is 17.5. The van der Waals surface area contributed by atoms with E-state index in [0.717, 1.165) is 60.3 Å². The van der Waals surface area contributed by atoms with Crippen LogP contribution in [0.4, 0.5) is 5.69 Å². The second kappa shape index (κ2) is 8.44. The molecule has 1 heterocycles. The Labute approximate surface area is 147 Å². The van der Waals surface area contributed by atoms with Crippen molar-refractivity contribution in [3.63, 3.8) is 0 Å². The smallest absolute Gasteiger partial charge is 0.224 e. The van der Waals surface area contributed by atoms with E-state index in [4.69, 9.17) is 5.73 Å². The van der Waals surface area contributed by atoms with Crippen LogP contribution in [0.1, 0.15) is 32.1 Å². The van der Waals surface area contributed by atoms with Gasteiger partial charge in [-0.2, -0.15) is 0 Å². The third-order valence-corrected chi connectivity index (χ3v) is 4.20. The molecule has 2 aromatic carbocycles. The molecular formula is C20H24N4O. The van der Waals surface area contributed by atoms with Crippen LogP contribution in [0.3, 0.4) is 0 Å². The molecule has 0 fully saturated rings. The third-order valence-electron chi connectivity index (χ3n) is 4.20. The maximum Gasteiger partial charge on any atom is 0.224 e.